The Morgan fingerprint density at radius 2 is 1.64 bits per heavy atom. The molecular formula is C15H12Cl2O5. The third-order valence-corrected chi connectivity index (χ3v) is 3.91. The molecule has 5 nitrogen and oxygen atoms in total. The lowest BCUT2D eigenvalue weighted by Gasteiger charge is -2.15. The van der Waals surface area contributed by atoms with Gasteiger partial charge in [-0.3, -0.25) is 4.79 Å². The van der Waals surface area contributed by atoms with Crippen molar-refractivity contribution in [2.24, 2.45) is 0 Å². The molecule has 0 bridgehead atoms. The Morgan fingerprint density at radius 3 is 2.18 bits per heavy atom. The van der Waals surface area contributed by atoms with E-state index in [4.69, 9.17) is 23.2 Å². The molecule has 2 rings (SSSR count). The van der Waals surface area contributed by atoms with Gasteiger partial charge in [-0.1, -0.05) is 35.3 Å². The van der Waals surface area contributed by atoms with E-state index in [1.165, 1.54) is 30.3 Å². The first-order chi connectivity index (χ1) is 10.3. The van der Waals surface area contributed by atoms with Crippen molar-refractivity contribution >= 4 is 29.2 Å². The van der Waals surface area contributed by atoms with Gasteiger partial charge in [-0.2, -0.15) is 0 Å². The molecule has 0 saturated heterocycles. The molecule has 22 heavy (non-hydrogen) atoms. The van der Waals surface area contributed by atoms with Crippen LogP contribution in [0, 0.1) is 0 Å². The highest BCUT2D eigenvalue weighted by molar-refractivity contribution is 6.38. The number of hydrogen-bond acceptors (Lipinski definition) is 4. The molecule has 0 radical (unpaired) electrons. The SMILES string of the molecule is O=C(O)C(Cc1cc(Cl)c(O)c(Cl)c1O)c1ccc(O)cc1. The summed E-state index contributed by atoms with van der Waals surface area (Å²) in [5.74, 6) is -2.92. The highest BCUT2D eigenvalue weighted by atomic mass is 35.5. The number of carboxylic acid groups (broad SMARTS) is 1. The molecule has 1 unspecified atom stereocenters. The van der Waals surface area contributed by atoms with E-state index in [-0.39, 0.29) is 27.8 Å². The van der Waals surface area contributed by atoms with E-state index in [2.05, 4.69) is 0 Å². The van der Waals surface area contributed by atoms with Crippen molar-refractivity contribution in [3.8, 4) is 17.2 Å². The van der Waals surface area contributed by atoms with Gasteiger partial charge in [-0.25, -0.2) is 0 Å². The topological polar surface area (TPSA) is 98.0 Å². The predicted molar refractivity (Wildman–Crippen MR) is 82.0 cm³/mol. The number of aliphatic carboxylic acids is 1. The Hall–Kier alpha value is -2.11. The van der Waals surface area contributed by atoms with E-state index in [0.29, 0.717) is 5.56 Å². The van der Waals surface area contributed by atoms with Crippen molar-refractivity contribution in [1.82, 2.24) is 0 Å². The maximum Gasteiger partial charge on any atom is 0.311 e. The zero-order valence-electron chi connectivity index (χ0n) is 11.1. The Balaban J connectivity index is 2.41. The second-order valence-corrected chi connectivity index (χ2v) is 5.50. The summed E-state index contributed by atoms with van der Waals surface area (Å²) in [4.78, 5) is 11.5. The molecule has 0 heterocycles. The minimum atomic E-state index is -1.11. The number of benzene rings is 2. The fourth-order valence-corrected chi connectivity index (χ4v) is 2.58. The van der Waals surface area contributed by atoms with Crippen LogP contribution in [0.1, 0.15) is 17.0 Å². The van der Waals surface area contributed by atoms with Gasteiger partial charge in [-0.05, 0) is 35.7 Å². The molecule has 1 atom stereocenters. The molecule has 0 aliphatic rings. The molecule has 116 valence electrons. The molecular weight excluding hydrogens is 331 g/mol. The molecule has 0 aliphatic carbocycles. The molecule has 0 fully saturated rings. The Morgan fingerprint density at radius 1 is 1.05 bits per heavy atom. The number of phenolic OH excluding ortho intramolecular Hbond substituents is 3. The highest BCUT2D eigenvalue weighted by Crippen LogP contribution is 2.42. The maximum atomic E-state index is 11.5. The summed E-state index contributed by atoms with van der Waals surface area (Å²) in [5, 5.41) is 37.7. The zero-order chi connectivity index (χ0) is 16.4. The first kappa shape index (κ1) is 16.3. The van der Waals surface area contributed by atoms with Crippen LogP contribution in [0.15, 0.2) is 30.3 Å². The Bertz CT molecular complexity index is 713. The summed E-state index contributed by atoms with van der Waals surface area (Å²) in [6, 6.07) is 6.99. The van der Waals surface area contributed by atoms with Gasteiger partial charge < -0.3 is 20.4 Å². The fourth-order valence-electron chi connectivity index (χ4n) is 2.08. The van der Waals surface area contributed by atoms with E-state index in [0.717, 1.165) is 0 Å². The van der Waals surface area contributed by atoms with Gasteiger partial charge >= 0.3 is 5.97 Å². The molecule has 0 aliphatic heterocycles. The van der Waals surface area contributed by atoms with Gasteiger partial charge in [0.25, 0.3) is 0 Å². The molecule has 7 heteroatoms. The van der Waals surface area contributed by atoms with Crippen LogP contribution in [0.25, 0.3) is 0 Å². The van der Waals surface area contributed by atoms with Gasteiger partial charge in [0.15, 0.2) is 5.75 Å². The fraction of sp³-hybridized carbons (Fsp3) is 0.133. The van der Waals surface area contributed by atoms with Crippen molar-refractivity contribution in [2.45, 2.75) is 12.3 Å². The van der Waals surface area contributed by atoms with Gasteiger partial charge in [-0.15, -0.1) is 0 Å². The monoisotopic (exact) mass is 342 g/mol. The lowest BCUT2D eigenvalue weighted by atomic mass is 9.91. The van der Waals surface area contributed by atoms with E-state index in [1.807, 2.05) is 0 Å². The van der Waals surface area contributed by atoms with Gasteiger partial charge in [0.2, 0.25) is 0 Å². The predicted octanol–water partition coefficient (Wildman–Crippen LogP) is 3.52. The summed E-state index contributed by atoms with van der Waals surface area (Å²) in [6.07, 6.45) is -0.0777. The van der Waals surface area contributed by atoms with Crippen molar-refractivity contribution in [3.05, 3.63) is 51.5 Å². The summed E-state index contributed by atoms with van der Waals surface area (Å²) in [7, 11) is 0. The maximum absolute atomic E-state index is 11.5. The second kappa shape index (κ2) is 6.34. The first-order valence-corrected chi connectivity index (χ1v) is 6.97. The average Bonchev–Trinajstić information content (AvgIpc) is 2.48. The highest BCUT2D eigenvalue weighted by Gasteiger charge is 2.24. The van der Waals surface area contributed by atoms with Crippen molar-refractivity contribution in [3.63, 3.8) is 0 Å². The minimum Gasteiger partial charge on any atom is -0.508 e. The smallest absolute Gasteiger partial charge is 0.311 e. The number of halogens is 2. The van der Waals surface area contributed by atoms with Crippen LogP contribution in [0.4, 0.5) is 0 Å². The first-order valence-electron chi connectivity index (χ1n) is 6.21. The molecule has 0 spiro atoms. The van der Waals surface area contributed by atoms with Crippen molar-refractivity contribution in [1.29, 1.82) is 0 Å². The third kappa shape index (κ3) is 3.21. The second-order valence-electron chi connectivity index (χ2n) is 4.72. The van der Waals surface area contributed by atoms with E-state index in [1.54, 1.807) is 0 Å². The number of rotatable bonds is 4. The summed E-state index contributed by atoms with van der Waals surface area (Å²) < 4.78 is 0. The molecule has 2 aromatic carbocycles. The quantitative estimate of drug-likeness (QED) is 0.681. The average molecular weight is 343 g/mol. The van der Waals surface area contributed by atoms with Crippen LogP contribution >= 0.6 is 23.2 Å². The largest absolute Gasteiger partial charge is 0.508 e. The van der Waals surface area contributed by atoms with Gasteiger partial charge in [0, 0.05) is 0 Å². The van der Waals surface area contributed by atoms with Crippen LogP contribution in [0.3, 0.4) is 0 Å². The number of carboxylic acids is 1. The van der Waals surface area contributed by atoms with Gasteiger partial charge in [0.1, 0.15) is 16.5 Å². The minimum absolute atomic E-state index is 0.0199. The number of carbonyl (C=O) groups is 1. The molecule has 0 saturated carbocycles. The summed E-state index contributed by atoms with van der Waals surface area (Å²) in [6.45, 7) is 0. The van der Waals surface area contributed by atoms with Crippen LogP contribution in [-0.2, 0) is 11.2 Å². The van der Waals surface area contributed by atoms with Crippen molar-refractivity contribution in [2.75, 3.05) is 0 Å². The summed E-state index contributed by atoms with van der Waals surface area (Å²) in [5.41, 5.74) is 0.651. The van der Waals surface area contributed by atoms with Crippen molar-refractivity contribution < 1.29 is 25.2 Å². The summed E-state index contributed by atoms with van der Waals surface area (Å²) >= 11 is 11.5. The van der Waals surface area contributed by atoms with E-state index >= 15 is 0 Å². The molecule has 2 aromatic rings. The molecule has 4 N–H and O–H groups in total. The number of aromatic hydroxyl groups is 3. The van der Waals surface area contributed by atoms with Gasteiger partial charge in [0.05, 0.1) is 10.9 Å². The number of hydrogen-bond donors (Lipinski definition) is 4. The standard InChI is InChI=1S/C15H12Cl2O5/c16-11-6-8(13(19)12(17)14(11)20)5-10(15(21)22)7-1-3-9(18)4-2-7/h1-4,6,10,18-20H,5H2,(H,21,22). The normalized spacial score (nSPS) is 12.1. The molecule has 0 amide bonds. The lowest BCUT2D eigenvalue weighted by molar-refractivity contribution is -0.138. The third-order valence-electron chi connectivity index (χ3n) is 3.26. The Kier molecular flexibility index (Phi) is 4.68. The van der Waals surface area contributed by atoms with Crippen LogP contribution in [0.2, 0.25) is 10.0 Å². The van der Waals surface area contributed by atoms with Crippen LogP contribution in [-0.4, -0.2) is 26.4 Å². The van der Waals surface area contributed by atoms with E-state index < -0.39 is 23.4 Å². The Labute approximate surface area is 136 Å². The van der Waals surface area contributed by atoms with E-state index in [9.17, 15) is 25.2 Å². The zero-order valence-corrected chi connectivity index (χ0v) is 12.6. The number of phenols is 3. The van der Waals surface area contributed by atoms with Crippen LogP contribution < -0.4 is 0 Å². The van der Waals surface area contributed by atoms with Crippen LogP contribution in [0.5, 0.6) is 17.2 Å². The molecule has 0 aromatic heterocycles. The lowest BCUT2D eigenvalue weighted by Crippen LogP contribution is -2.14.